The van der Waals surface area contributed by atoms with Gasteiger partial charge in [0, 0.05) is 5.33 Å². The van der Waals surface area contributed by atoms with E-state index in [9.17, 15) is 9.18 Å². The second kappa shape index (κ2) is 4.23. The van der Waals surface area contributed by atoms with E-state index in [1.807, 2.05) is 5.32 Å². The van der Waals surface area contributed by atoms with Gasteiger partial charge in [-0.2, -0.15) is 0 Å². The standard InChI is InChI=1S/C8H7BrFNO2/c9-4-5-1-2-6(10)7(3-5)11-8(12)13/h1-3,11H,4H2,(H,12,13). The van der Waals surface area contributed by atoms with E-state index in [1.165, 1.54) is 12.1 Å². The van der Waals surface area contributed by atoms with Crippen LogP contribution in [0.25, 0.3) is 0 Å². The molecule has 0 aromatic heterocycles. The van der Waals surface area contributed by atoms with Crippen LogP contribution in [0.15, 0.2) is 18.2 Å². The number of amides is 1. The maximum absolute atomic E-state index is 12.9. The Morgan fingerprint density at radius 2 is 2.31 bits per heavy atom. The van der Waals surface area contributed by atoms with Gasteiger partial charge in [-0.05, 0) is 17.7 Å². The number of hydrogen-bond acceptors (Lipinski definition) is 1. The number of rotatable bonds is 2. The van der Waals surface area contributed by atoms with Crippen molar-refractivity contribution in [2.75, 3.05) is 5.32 Å². The highest BCUT2D eigenvalue weighted by molar-refractivity contribution is 9.08. The predicted octanol–water partition coefficient (Wildman–Crippen LogP) is 2.81. The summed E-state index contributed by atoms with van der Waals surface area (Å²) in [5.41, 5.74) is 0.787. The summed E-state index contributed by atoms with van der Waals surface area (Å²) < 4.78 is 12.9. The van der Waals surface area contributed by atoms with Gasteiger partial charge in [0.25, 0.3) is 0 Å². The number of benzene rings is 1. The number of halogens is 2. The predicted molar refractivity (Wildman–Crippen MR) is 50.7 cm³/mol. The molecule has 1 rings (SSSR count). The number of carboxylic acid groups (broad SMARTS) is 1. The van der Waals surface area contributed by atoms with Gasteiger partial charge in [-0.25, -0.2) is 9.18 Å². The summed E-state index contributed by atoms with van der Waals surface area (Å²) in [5.74, 6) is -0.577. The zero-order chi connectivity index (χ0) is 9.84. The Hall–Kier alpha value is -1.10. The molecule has 0 aliphatic carbocycles. The summed E-state index contributed by atoms with van der Waals surface area (Å²) in [6, 6.07) is 4.25. The van der Waals surface area contributed by atoms with E-state index >= 15 is 0 Å². The van der Waals surface area contributed by atoms with E-state index in [2.05, 4.69) is 15.9 Å². The molecule has 0 spiro atoms. The zero-order valence-electron chi connectivity index (χ0n) is 6.55. The van der Waals surface area contributed by atoms with Crippen LogP contribution in [0.1, 0.15) is 5.56 Å². The van der Waals surface area contributed by atoms with Crippen molar-refractivity contribution in [1.82, 2.24) is 0 Å². The van der Waals surface area contributed by atoms with Gasteiger partial charge in [-0.15, -0.1) is 0 Å². The Kier molecular flexibility index (Phi) is 3.25. The van der Waals surface area contributed by atoms with Crippen LogP contribution in [0, 0.1) is 5.82 Å². The Bertz CT molecular complexity index is 330. The number of hydrogen-bond donors (Lipinski definition) is 2. The molecule has 0 aliphatic heterocycles. The Balaban J connectivity index is 2.96. The van der Waals surface area contributed by atoms with Crippen LogP contribution in [-0.2, 0) is 5.33 Å². The van der Waals surface area contributed by atoms with Gasteiger partial charge in [0.15, 0.2) is 0 Å². The van der Waals surface area contributed by atoms with Gasteiger partial charge in [-0.3, -0.25) is 5.32 Å². The molecular formula is C8H7BrFNO2. The number of anilines is 1. The fraction of sp³-hybridized carbons (Fsp3) is 0.125. The Labute approximate surface area is 82.7 Å². The van der Waals surface area contributed by atoms with Gasteiger partial charge in [0.05, 0.1) is 5.69 Å². The van der Waals surface area contributed by atoms with Crippen molar-refractivity contribution in [3.05, 3.63) is 29.6 Å². The second-order valence-corrected chi connectivity index (χ2v) is 2.94. The van der Waals surface area contributed by atoms with Crippen molar-refractivity contribution >= 4 is 27.7 Å². The van der Waals surface area contributed by atoms with Crippen LogP contribution in [0.4, 0.5) is 14.9 Å². The quantitative estimate of drug-likeness (QED) is 0.790. The lowest BCUT2D eigenvalue weighted by molar-refractivity contribution is 0.209. The minimum Gasteiger partial charge on any atom is -0.465 e. The van der Waals surface area contributed by atoms with Crippen molar-refractivity contribution in [3.8, 4) is 0 Å². The highest BCUT2D eigenvalue weighted by atomic mass is 79.9. The molecule has 13 heavy (non-hydrogen) atoms. The van der Waals surface area contributed by atoms with Crippen molar-refractivity contribution in [2.24, 2.45) is 0 Å². The highest BCUT2D eigenvalue weighted by Crippen LogP contribution is 2.17. The lowest BCUT2D eigenvalue weighted by Crippen LogP contribution is -2.08. The van der Waals surface area contributed by atoms with E-state index in [4.69, 9.17) is 5.11 Å². The summed E-state index contributed by atoms with van der Waals surface area (Å²) in [5, 5.41) is 10.9. The molecule has 0 aliphatic rings. The summed E-state index contributed by atoms with van der Waals surface area (Å²) in [6.07, 6.45) is -1.27. The van der Waals surface area contributed by atoms with Crippen molar-refractivity contribution in [2.45, 2.75) is 5.33 Å². The molecule has 0 saturated carbocycles. The lowest BCUT2D eigenvalue weighted by atomic mass is 10.2. The molecule has 0 heterocycles. The largest absolute Gasteiger partial charge is 0.465 e. The molecule has 70 valence electrons. The topological polar surface area (TPSA) is 49.3 Å². The normalized spacial score (nSPS) is 9.69. The molecule has 1 amide bonds. The lowest BCUT2D eigenvalue weighted by Gasteiger charge is -2.03. The minimum absolute atomic E-state index is 0.0237. The first-order valence-corrected chi connectivity index (χ1v) is 4.60. The van der Waals surface area contributed by atoms with E-state index in [0.717, 1.165) is 5.56 Å². The average molecular weight is 248 g/mol. The first-order chi connectivity index (χ1) is 6.13. The summed E-state index contributed by atoms with van der Waals surface area (Å²) in [6.45, 7) is 0. The average Bonchev–Trinajstić information content (AvgIpc) is 2.08. The molecular weight excluding hydrogens is 241 g/mol. The molecule has 1 aromatic carbocycles. The van der Waals surface area contributed by atoms with Crippen LogP contribution in [0.2, 0.25) is 0 Å². The van der Waals surface area contributed by atoms with Crippen molar-refractivity contribution in [1.29, 1.82) is 0 Å². The third-order valence-corrected chi connectivity index (χ3v) is 2.07. The SMILES string of the molecule is O=C(O)Nc1cc(CBr)ccc1F. The molecule has 0 atom stereocenters. The first kappa shape index (κ1) is 9.98. The molecule has 0 radical (unpaired) electrons. The van der Waals surface area contributed by atoms with Gasteiger partial charge in [0.1, 0.15) is 5.82 Å². The molecule has 5 heteroatoms. The maximum Gasteiger partial charge on any atom is 0.409 e. The molecule has 3 nitrogen and oxygen atoms in total. The fourth-order valence-corrected chi connectivity index (χ4v) is 1.22. The Morgan fingerprint density at radius 3 is 2.85 bits per heavy atom. The monoisotopic (exact) mass is 247 g/mol. The van der Waals surface area contributed by atoms with Crippen LogP contribution in [-0.4, -0.2) is 11.2 Å². The summed E-state index contributed by atoms with van der Waals surface area (Å²) >= 11 is 3.18. The van der Waals surface area contributed by atoms with E-state index in [0.29, 0.717) is 5.33 Å². The van der Waals surface area contributed by atoms with Crippen molar-refractivity contribution < 1.29 is 14.3 Å². The molecule has 0 unspecified atom stereocenters. The van der Waals surface area contributed by atoms with Gasteiger partial charge < -0.3 is 5.11 Å². The van der Waals surface area contributed by atoms with Crippen LogP contribution in [0.5, 0.6) is 0 Å². The number of alkyl halides is 1. The highest BCUT2D eigenvalue weighted by Gasteiger charge is 2.05. The van der Waals surface area contributed by atoms with Crippen LogP contribution in [0.3, 0.4) is 0 Å². The molecule has 0 bridgehead atoms. The van der Waals surface area contributed by atoms with E-state index in [1.54, 1.807) is 6.07 Å². The van der Waals surface area contributed by atoms with E-state index < -0.39 is 11.9 Å². The molecule has 0 fully saturated rings. The summed E-state index contributed by atoms with van der Waals surface area (Å²) in [4.78, 5) is 10.2. The van der Waals surface area contributed by atoms with Gasteiger partial charge >= 0.3 is 6.09 Å². The molecule has 0 saturated heterocycles. The van der Waals surface area contributed by atoms with Crippen LogP contribution < -0.4 is 5.32 Å². The van der Waals surface area contributed by atoms with E-state index in [-0.39, 0.29) is 5.69 Å². The molecule has 1 aromatic rings. The fourth-order valence-electron chi connectivity index (χ4n) is 0.867. The van der Waals surface area contributed by atoms with Gasteiger partial charge in [-0.1, -0.05) is 22.0 Å². The number of nitrogens with one attached hydrogen (secondary N) is 1. The molecule has 2 N–H and O–H groups in total. The first-order valence-electron chi connectivity index (χ1n) is 3.48. The minimum atomic E-state index is -1.27. The Morgan fingerprint density at radius 1 is 1.62 bits per heavy atom. The maximum atomic E-state index is 12.9. The van der Waals surface area contributed by atoms with Gasteiger partial charge in [0.2, 0.25) is 0 Å². The third kappa shape index (κ3) is 2.69. The third-order valence-electron chi connectivity index (χ3n) is 1.43. The zero-order valence-corrected chi connectivity index (χ0v) is 8.14. The summed E-state index contributed by atoms with van der Waals surface area (Å²) in [7, 11) is 0. The van der Waals surface area contributed by atoms with Crippen LogP contribution >= 0.6 is 15.9 Å². The van der Waals surface area contributed by atoms with Crippen molar-refractivity contribution in [3.63, 3.8) is 0 Å². The smallest absolute Gasteiger partial charge is 0.409 e. The second-order valence-electron chi connectivity index (χ2n) is 2.38. The number of carbonyl (C=O) groups is 1.